The van der Waals surface area contributed by atoms with Gasteiger partial charge in [-0.25, -0.2) is 4.79 Å². The van der Waals surface area contributed by atoms with E-state index >= 15 is 0 Å². The highest BCUT2D eigenvalue weighted by Crippen LogP contribution is 2.01. The lowest BCUT2D eigenvalue weighted by molar-refractivity contribution is -0.403. The number of aliphatic hydroxyl groups excluding tert-OH is 1. The lowest BCUT2D eigenvalue weighted by Gasteiger charge is -2.15. The van der Waals surface area contributed by atoms with E-state index in [4.69, 9.17) is 5.11 Å². The number of aliphatic hydroxyl groups is 1. The molecule has 0 aliphatic carbocycles. The second-order valence-corrected chi connectivity index (χ2v) is 4.15. The van der Waals surface area contributed by atoms with Gasteiger partial charge >= 0.3 is 5.97 Å². The molecule has 112 valence electrons. The van der Waals surface area contributed by atoms with Gasteiger partial charge in [-0.2, -0.15) is 0 Å². The van der Waals surface area contributed by atoms with Crippen LogP contribution in [0.15, 0.2) is 30.3 Å². The molecule has 1 amide bonds. The van der Waals surface area contributed by atoms with Crippen LogP contribution in [0.25, 0.3) is 0 Å². The molecule has 0 unspecified atom stereocenters. The lowest BCUT2D eigenvalue weighted by atomic mass is 10.1. The van der Waals surface area contributed by atoms with E-state index in [1.165, 1.54) is 7.11 Å². The van der Waals surface area contributed by atoms with Crippen molar-refractivity contribution < 1.29 is 37.6 Å². The van der Waals surface area contributed by atoms with Crippen molar-refractivity contribution in [2.24, 2.45) is 0 Å². The molecule has 1 aromatic carbocycles. The zero-order valence-corrected chi connectivity index (χ0v) is 12.0. The molecule has 1 rings (SSSR count). The van der Waals surface area contributed by atoms with Gasteiger partial charge in [0.05, 0.1) is 13.7 Å². The smallest absolute Gasteiger partial charge is 0.330 e. The second-order valence-electron chi connectivity index (χ2n) is 4.15. The molecule has 0 heterocycles. The maximum atomic E-state index is 11.8. The predicted octanol–water partition coefficient (Wildman–Crippen LogP) is -4.51. The SMILES string of the molecule is COC(=O)[C@@H](CO)NC(=O)[C@H]([NH3+])Cc1ccccc1.[Cl-]. The molecule has 0 radical (unpaired) electrons. The molecule has 0 spiro atoms. The van der Waals surface area contributed by atoms with Crippen LogP contribution in [-0.2, 0) is 20.7 Å². The Morgan fingerprint density at radius 3 is 2.45 bits per heavy atom. The zero-order chi connectivity index (χ0) is 14.3. The predicted molar refractivity (Wildman–Crippen MR) is 67.9 cm³/mol. The van der Waals surface area contributed by atoms with Gasteiger partial charge in [0.2, 0.25) is 0 Å². The third-order valence-electron chi connectivity index (χ3n) is 2.68. The second kappa shape index (κ2) is 9.30. The summed E-state index contributed by atoms with van der Waals surface area (Å²) in [6.45, 7) is -0.504. The Bertz CT molecular complexity index is 428. The summed E-state index contributed by atoms with van der Waals surface area (Å²) in [6, 6.07) is 7.86. The molecule has 0 aromatic heterocycles. The molecule has 6 nitrogen and oxygen atoms in total. The van der Waals surface area contributed by atoms with Gasteiger partial charge in [-0.3, -0.25) is 4.79 Å². The molecule has 5 N–H and O–H groups in total. The Balaban J connectivity index is 0.00000361. The van der Waals surface area contributed by atoms with E-state index in [1.807, 2.05) is 30.3 Å². The summed E-state index contributed by atoms with van der Waals surface area (Å²) < 4.78 is 4.47. The van der Waals surface area contributed by atoms with Gasteiger partial charge in [0, 0.05) is 6.42 Å². The first-order valence-electron chi connectivity index (χ1n) is 5.94. The average molecular weight is 303 g/mol. The van der Waals surface area contributed by atoms with Crippen LogP contribution in [0.2, 0.25) is 0 Å². The van der Waals surface area contributed by atoms with Crippen LogP contribution in [-0.4, -0.2) is 42.8 Å². The topological polar surface area (TPSA) is 103 Å². The van der Waals surface area contributed by atoms with E-state index in [2.05, 4.69) is 15.8 Å². The van der Waals surface area contributed by atoms with Crippen molar-refractivity contribution in [3.63, 3.8) is 0 Å². The van der Waals surface area contributed by atoms with Gasteiger partial charge < -0.3 is 33.3 Å². The number of carbonyl (C=O) groups excluding carboxylic acids is 2. The van der Waals surface area contributed by atoms with Crippen molar-refractivity contribution in [3.8, 4) is 0 Å². The van der Waals surface area contributed by atoms with Gasteiger partial charge in [0.15, 0.2) is 12.1 Å². The normalized spacial score (nSPS) is 12.8. The van der Waals surface area contributed by atoms with E-state index in [-0.39, 0.29) is 12.4 Å². The number of nitrogens with one attached hydrogen (secondary N) is 1. The Morgan fingerprint density at radius 1 is 1.35 bits per heavy atom. The summed E-state index contributed by atoms with van der Waals surface area (Å²) in [5, 5.41) is 11.4. The number of hydrogen-bond donors (Lipinski definition) is 3. The quantitative estimate of drug-likeness (QED) is 0.461. The highest BCUT2D eigenvalue weighted by atomic mass is 35.5. The first-order valence-corrected chi connectivity index (χ1v) is 5.94. The summed E-state index contributed by atoms with van der Waals surface area (Å²) in [5.41, 5.74) is 4.74. The molecule has 20 heavy (non-hydrogen) atoms. The molecule has 1 aromatic rings. The lowest BCUT2D eigenvalue weighted by Crippen LogP contribution is -3.00. The van der Waals surface area contributed by atoms with Crippen LogP contribution in [0.3, 0.4) is 0 Å². The fourth-order valence-corrected chi connectivity index (χ4v) is 1.60. The summed E-state index contributed by atoms with van der Waals surface area (Å²) >= 11 is 0. The number of halogens is 1. The molecule has 2 atom stereocenters. The van der Waals surface area contributed by atoms with Crippen LogP contribution in [0.1, 0.15) is 5.56 Å². The number of amides is 1. The molecule has 0 bridgehead atoms. The number of rotatable bonds is 6. The van der Waals surface area contributed by atoms with Crippen molar-refractivity contribution in [2.45, 2.75) is 18.5 Å². The van der Waals surface area contributed by atoms with Gasteiger partial charge in [0.25, 0.3) is 5.91 Å². The van der Waals surface area contributed by atoms with Crippen LogP contribution >= 0.6 is 0 Å². The molecule has 0 fully saturated rings. The maximum Gasteiger partial charge on any atom is 0.330 e. The number of ether oxygens (including phenoxy) is 1. The minimum absolute atomic E-state index is 0. The first kappa shape index (κ1) is 18.4. The van der Waals surface area contributed by atoms with Crippen molar-refractivity contribution in [1.29, 1.82) is 0 Å². The molecule has 0 aliphatic rings. The summed E-state index contributed by atoms with van der Waals surface area (Å²) in [7, 11) is 1.20. The number of hydrogen-bond acceptors (Lipinski definition) is 4. The Hall–Kier alpha value is -1.63. The fraction of sp³-hybridized carbons (Fsp3) is 0.385. The summed E-state index contributed by atoms with van der Waals surface area (Å²) in [4.78, 5) is 23.1. The fourth-order valence-electron chi connectivity index (χ4n) is 1.60. The number of quaternary nitrogens is 1. The standard InChI is InChI=1S/C13H18N2O4.ClH/c1-19-13(18)11(8-16)15-12(17)10(14)7-9-5-3-2-4-6-9;/h2-6,10-11,16H,7-8,14H2,1H3,(H,15,17);1H/t10-,11-;/m1./s1. The molecular weight excluding hydrogens is 284 g/mol. The first-order chi connectivity index (χ1) is 9.08. The van der Waals surface area contributed by atoms with Crippen LogP contribution in [0.4, 0.5) is 0 Å². The Kier molecular flexibility index (Phi) is 8.54. The van der Waals surface area contributed by atoms with Gasteiger partial charge in [-0.05, 0) is 5.56 Å². The van der Waals surface area contributed by atoms with Crippen LogP contribution in [0.5, 0.6) is 0 Å². The summed E-state index contributed by atoms with van der Waals surface area (Å²) in [5.74, 6) is -1.07. The number of esters is 1. The van der Waals surface area contributed by atoms with E-state index in [9.17, 15) is 9.59 Å². The third kappa shape index (κ3) is 5.56. The highest BCUT2D eigenvalue weighted by molar-refractivity contribution is 5.86. The van der Waals surface area contributed by atoms with Gasteiger partial charge in [0.1, 0.15) is 0 Å². The van der Waals surface area contributed by atoms with Crippen LogP contribution in [0, 0.1) is 0 Å². The van der Waals surface area contributed by atoms with Crippen molar-refractivity contribution in [1.82, 2.24) is 5.32 Å². The third-order valence-corrected chi connectivity index (χ3v) is 2.68. The number of benzene rings is 1. The maximum absolute atomic E-state index is 11.8. The van der Waals surface area contributed by atoms with Gasteiger partial charge in [-0.1, -0.05) is 30.3 Å². The molecule has 0 aliphatic heterocycles. The molecular formula is C13H19ClN2O4. The van der Waals surface area contributed by atoms with E-state index in [0.29, 0.717) is 6.42 Å². The monoisotopic (exact) mass is 302 g/mol. The zero-order valence-electron chi connectivity index (χ0n) is 11.2. The minimum Gasteiger partial charge on any atom is -1.00 e. The summed E-state index contributed by atoms with van der Waals surface area (Å²) in [6.07, 6.45) is 0.464. The molecule has 0 saturated heterocycles. The molecule has 0 saturated carbocycles. The number of methoxy groups -OCH3 is 1. The van der Waals surface area contributed by atoms with Crippen molar-refractivity contribution in [2.75, 3.05) is 13.7 Å². The van der Waals surface area contributed by atoms with E-state index in [0.717, 1.165) is 5.56 Å². The van der Waals surface area contributed by atoms with Crippen molar-refractivity contribution >= 4 is 11.9 Å². The average Bonchev–Trinajstić information content (AvgIpc) is 2.44. The van der Waals surface area contributed by atoms with Gasteiger partial charge in [-0.15, -0.1) is 0 Å². The van der Waals surface area contributed by atoms with Crippen LogP contribution < -0.4 is 23.5 Å². The minimum atomic E-state index is -1.04. The number of carbonyl (C=O) groups is 2. The van der Waals surface area contributed by atoms with Crippen molar-refractivity contribution in [3.05, 3.63) is 35.9 Å². The highest BCUT2D eigenvalue weighted by Gasteiger charge is 2.25. The van der Waals surface area contributed by atoms with E-state index in [1.54, 1.807) is 0 Å². The largest absolute Gasteiger partial charge is 1.00 e. The molecule has 7 heteroatoms. The Morgan fingerprint density at radius 2 is 1.95 bits per heavy atom. The van der Waals surface area contributed by atoms with E-state index < -0.39 is 30.6 Å². The Labute approximate surface area is 123 Å².